The molecular formula is C6H8BrN3O2. The normalized spacial score (nSPS) is 44.7. The van der Waals surface area contributed by atoms with Crippen LogP contribution >= 0.6 is 15.9 Å². The summed E-state index contributed by atoms with van der Waals surface area (Å²) in [6.07, 6.45) is -0.402. The smallest absolute Gasteiger partial charge is 0.230 e. The van der Waals surface area contributed by atoms with Crippen LogP contribution in [0.25, 0.3) is 0 Å². The van der Waals surface area contributed by atoms with E-state index in [0.29, 0.717) is 6.54 Å². The number of carbonyl (C=O) groups is 1. The molecule has 0 radical (unpaired) electrons. The second-order valence-electron chi connectivity index (χ2n) is 2.83. The van der Waals surface area contributed by atoms with Gasteiger partial charge in [-0.3, -0.25) is 4.79 Å². The van der Waals surface area contributed by atoms with Gasteiger partial charge in [-0.2, -0.15) is 10.2 Å². The van der Waals surface area contributed by atoms with Crippen molar-refractivity contribution in [1.29, 1.82) is 0 Å². The van der Waals surface area contributed by atoms with Crippen molar-refractivity contribution in [2.24, 2.45) is 16.1 Å². The molecule has 66 valence electrons. The van der Waals surface area contributed by atoms with Gasteiger partial charge in [-0.05, 0) is 0 Å². The van der Waals surface area contributed by atoms with E-state index < -0.39 is 10.7 Å². The van der Waals surface area contributed by atoms with E-state index in [2.05, 4.69) is 31.5 Å². The first-order chi connectivity index (χ1) is 5.68. The van der Waals surface area contributed by atoms with Gasteiger partial charge in [0.05, 0.1) is 6.54 Å². The highest BCUT2D eigenvalue weighted by Crippen LogP contribution is 2.42. The summed E-state index contributed by atoms with van der Waals surface area (Å²) < 4.78 is 4.40. The van der Waals surface area contributed by atoms with Gasteiger partial charge in [0.1, 0.15) is 5.92 Å². The van der Waals surface area contributed by atoms with E-state index in [0.717, 1.165) is 0 Å². The van der Waals surface area contributed by atoms with Crippen LogP contribution in [0.3, 0.4) is 0 Å². The van der Waals surface area contributed by atoms with Crippen LogP contribution < -0.4 is 5.32 Å². The summed E-state index contributed by atoms with van der Waals surface area (Å²) in [6.45, 7) is 0.441. The predicted molar refractivity (Wildman–Crippen MR) is 43.8 cm³/mol. The molecule has 0 unspecified atom stereocenters. The number of amides is 1. The van der Waals surface area contributed by atoms with Gasteiger partial charge in [0, 0.05) is 7.11 Å². The molecule has 0 aromatic heterocycles. The zero-order valence-corrected chi connectivity index (χ0v) is 8.04. The van der Waals surface area contributed by atoms with Crippen LogP contribution in [0.15, 0.2) is 10.2 Å². The first-order valence-corrected chi connectivity index (χ1v) is 4.38. The number of halogens is 1. The van der Waals surface area contributed by atoms with Gasteiger partial charge in [-0.25, -0.2) is 0 Å². The zero-order valence-electron chi connectivity index (χ0n) is 6.45. The minimum Gasteiger partial charge on any atom is -0.358 e. The summed E-state index contributed by atoms with van der Waals surface area (Å²) in [5, 5.41) is 10.5. The quantitative estimate of drug-likeness (QED) is 0.522. The minimum atomic E-state index is -0.668. The van der Waals surface area contributed by atoms with Gasteiger partial charge in [-0.1, -0.05) is 15.9 Å². The topological polar surface area (TPSA) is 63.0 Å². The van der Waals surface area contributed by atoms with Gasteiger partial charge in [-0.15, -0.1) is 0 Å². The Bertz CT molecular complexity index is 257. The lowest BCUT2D eigenvalue weighted by Crippen LogP contribution is -2.39. The van der Waals surface area contributed by atoms with E-state index in [-0.39, 0.29) is 11.8 Å². The highest BCUT2D eigenvalue weighted by molar-refractivity contribution is 9.10. The Morgan fingerprint density at radius 3 is 3.25 bits per heavy atom. The molecule has 2 heterocycles. The highest BCUT2D eigenvalue weighted by atomic mass is 79.9. The Balaban J connectivity index is 2.33. The van der Waals surface area contributed by atoms with Gasteiger partial charge in [0.25, 0.3) is 0 Å². The Kier molecular flexibility index (Phi) is 1.69. The van der Waals surface area contributed by atoms with Gasteiger partial charge >= 0.3 is 0 Å². The lowest BCUT2D eigenvalue weighted by Gasteiger charge is -2.20. The lowest BCUT2D eigenvalue weighted by atomic mass is 10.0. The average molecular weight is 234 g/mol. The Morgan fingerprint density at radius 2 is 2.58 bits per heavy atom. The summed E-state index contributed by atoms with van der Waals surface area (Å²) in [7, 11) is 1.53. The van der Waals surface area contributed by atoms with E-state index in [1.54, 1.807) is 0 Å². The second kappa shape index (κ2) is 2.50. The van der Waals surface area contributed by atoms with Crippen LogP contribution in [0.4, 0.5) is 0 Å². The van der Waals surface area contributed by atoms with Crippen LogP contribution in [0.1, 0.15) is 0 Å². The molecule has 0 aromatic rings. The average Bonchev–Trinajstić information content (AvgIpc) is 2.51. The van der Waals surface area contributed by atoms with Crippen molar-refractivity contribution in [2.75, 3.05) is 13.7 Å². The zero-order chi connectivity index (χ0) is 8.77. The van der Waals surface area contributed by atoms with E-state index in [4.69, 9.17) is 4.74 Å². The summed E-state index contributed by atoms with van der Waals surface area (Å²) in [5.74, 6) is -0.272. The molecule has 12 heavy (non-hydrogen) atoms. The Hall–Kier alpha value is -0.490. The van der Waals surface area contributed by atoms with Crippen LogP contribution in [0, 0.1) is 5.92 Å². The van der Waals surface area contributed by atoms with E-state index in [1.165, 1.54) is 7.11 Å². The third kappa shape index (κ3) is 0.847. The maximum absolute atomic E-state index is 11.3. The number of nitrogens with one attached hydrogen (secondary N) is 1. The van der Waals surface area contributed by atoms with Crippen LogP contribution in [-0.2, 0) is 9.53 Å². The summed E-state index contributed by atoms with van der Waals surface area (Å²) in [4.78, 5) is 11.3. The molecule has 0 saturated carbocycles. The molecule has 5 nitrogen and oxygen atoms in total. The molecule has 0 bridgehead atoms. The highest BCUT2D eigenvalue weighted by Gasteiger charge is 2.57. The summed E-state index contributed by atoms with van der Waals surface area (Å²) in [6, 6.07) is 0. The van der Waals surface area contributed by atoms with Gasteiger partial charge < -0.3 is 10.1 Å². The number of hydrogen-bond donors (Lipinski definition) is 1. The Morgan fingerprint density at radius 1 is 1.83 bits per heavy atom. The van der Waals surface area contributed by atoms with Crippen LogP contribution in [0.2, 0.25) is 0 Å². The van der Waals surface area contributed by atoms with Crippen molar-refractivity contribution in [2.45, 2.75) is 10.7 Å². The maximum Gasteiger partial charge on any atom is 0.230 e. The maximum atomic E-state index is 11.3. The number of azo groups is 1. The van der Waals surface area contributed by atoms with Gasteiger partial charge in [0.2, 0.25) is 5.91 Å². The fourth-order valence-corrected chi connectivity index (χ4v) is 2.25. The number of hydrogen-bond acceptors (Lipinski definition) is 4. The van der Waals surface area contributed by atoms with Crippen molar-refractivity contribution < 1.29 is 9.53 Å². The molecule has 6 heteroatoms. The van der Waals surface area contributed by atoms with Crippen LogP contribution in [0.5, 0.6) is 0 Å². The first-order valence-electron chi connectivity index (χ1n) is 3.59. The van der Waals surface area contributed by atoms with Crippen molar-refractivity contribution in [1.82, 2.24) is 5.32 Å². The number of ether oxygens (including phenoxy) is 1. The van der Waals surface area contributed by atoms with E-state index >= 15 is 0 Å². The molecule has 2 aliphatic heterocycles. The van der Waals surface area contributed by atoms with Crippen molar-refractivity contribution in [3.05, 3.63) is 0 Å². The molecule has 0 aliphatic carbocycles. The fourth-order valence-electron chi connectivity index (χ4n) is 1.49. The first kappa shape index (κ1) is 8.12. The van der Waals surface area contributed by atoms with Gasteiger partial charge in [0.15, 0.2) is 10.7 Å². The standard InChI is InChI=1S/C6H8BrN3O2/c1-12-5-6(7)3(2-8-10-6)4(11)9-5/h3,5H,2H2,1H3,(H,9,11)/t3-,5+,6-/m1/s1. The summed E-state index contributed by atoms with van der Waals surface area (Å²) in [5.41, 5.74) is 0. The molecule has 1 saturated heterocycles. The number of methoxy groups -OCH3 is 1. The minimum absolute atomic E-state index is 0.0521. The molecule has 2 aliphatic rings. The van der Waals surface area contributed by atoms with Crippen molar-refractivity contribution in [3.63, 3.8) is 0 Å². The van der Waals surface area contributed by atoms with Crippen LogP contribution in [-0.4, -0.2) is 30.2 Å². The largest absolute Gasteiger partial charge is 0.358 e. The van der Waals surface area contributed by atoms with Crippen molar-refractivity contribution >= 4 is 21.8 Å². The third-order valence-corrected chi connectivity index (χ3v) is 3.30. The molecule has 1 N–H and O–H groups in total. The number of carbonyl (C=O) groups excluding carboxylic acids is 1. The molecule has 0 spiro atoms. The van der Waals surface area contributed by atoms with E-state index in [1.807, 2.05) is 0 Å². The lowest BCUT2D eigenvalue weighted by molar-refractivity contribution is -0.123. The van der Waals surface area contributed by atoms with E-state index in [9.17, 15) is 4.79 Å². The molecule has 1 amide bonds. The molecular weight excluding hydrogens is 226 g/mol. The molecule has 0 aromatic carbocycles. The number of alkyl halides is 1. The molecule has 2 rings (SSSR count). The number of rotatable bonds is 1. The summed E-state index contributed by atoms with van der Waals surface area (Å²) >= 11 is 3.37. The molecule has 1 fully saturated rings. The number of fused-ring (bicyclic) bond motifs is 1. The monoisotopic (exact) mass is 233 g/mol. The third-order valence-electron chi connectivity index (χ3n) is 2.17. The Labute approximate surface area is 77.7 Å². The fraction of sp³-hybridized carbons (Fsp3) is 0.833. The van der Waals surface area contributed by atoms with Crippen molar-refractivity contribution in [3.8, 4) is 0 Å². The second-order valence-corrected chi connectivity index (χ2v) is 4.10. The SMILES string of the molecule is CO[C@@H]1NC(=O)[C@H]2CN=N[C@]21Br. The predicted octanol–water partition coefficient (Wildman–Crippen LogP) is 0.262. The number of nitrogens with zero attached hydrogens (tertiary/aromatic N) is 2. The molecule has 3 atom stereocenters.